The first-order valence-electron chi connectivity index (χ1n) is 6.03. The van der Waals surface area contributed by atoms with E-state index in [0.717, 1.165) is 18.8 Å². The maximum atomic E-state index is 5.69. The predicted molar refractivity (Wildman–Crippen MR) is 72.3 cm³/mol. The number of benzene rings is 1. The molecule has 3 nitrogen and oxygen atoms in total. The van der Waals surface area contributed by atoms with Gasteiger partial charge in [0.25, 0.3) is 0 Å². The third-order valence-electron chi connectivity index (χ3n) is 2.94. The normalized spacial score (nSPS) is 11.6. The number of hydrogen-bond acceptors (Lipinski definition) is 3. The molecule has 96 valence electrons. The highest BCUT2D eigenvalue weighted by atomic mass is 16.5. The third kappa shape index (κ3) is 4.36. The Labute approximate surface area is 104 Å². The summed E-state index contributed by atoms with van der Waals surface area (Å²) in [6.45, 7) is 8.88. The van der Waals surface area contributed by atoms with Crippen LogP contribution in [-0.4, -0.2) is 20.2 Å². The summed E-state index contributed by atoms with van der Waals surface area (Å²) in [6, 6.07) is 6.26. The molecule has 0 amide bonds. The van der Waals surface area contributed by atoms with Gasteiger partial charge in [-0.1, -0.05) is 26.0 Å². The van der Waals surface area contributed by atoms with Crippen LogP contribution in [0.25, 0.3) is 0 Å². The minimum absolute atomic E-state index is 0.154. The van der Waals surface area contributed by atoms with Gasteiger partial charge in [-0.15, -0.1) is 0 Å². The number of nitrogens with two attached hydrogens (primary N) is 1. The van der Waals surface area contributed by atoms with Gasteiger partial charge in [0, 0.05) is 13.1 Å². The van der Waals surface area contributed by atoms with E-state index in [1.807, 2.05) is 6.07 Å². The maximum Gasteiger partial charge on any atom is 0.121 e. The fourth-order valence-corrected chi connectivity index (χ4v) is 1.67. The van der Waals surface area contributed by atoms with Crippen LogP contribution in [0.4, 0.5) is 0 Å². The van der Waals surface area contributed by atoms with Gasteiger partial charge >= 0.3 is 0 Å². The second-order valence-electron chi connectivity index (χ2n) is 5.28. The monoisotopic (exact) mass is 236 g/mol. The largest absolute Gasteiger partial charge is 0.496 e. The van der Waals surface area contributed by atoms with Gasteiger partial charge in [-0.3, -0.25) is 0 Å². The van der Waals surface area contributed by atoms with Gasteiger partial charge in [-0.25, -0.2) is 0 Å². The van der Waals surface area contributed by atoms with Gasteiger partial charge < -0.3 is 15.8 Å². The minimum atomic E-state index is 0.154. The Morgan fingerprint density at radius 1 is 1.35 bits per heavy atom. The standard InChI is InChI=1S/C14H24N2O/c1-11-7-12(5-6-13(11)17-4)8-16-10-14(2,3)9-15/h5-7,16H,8-10,15H2,1-4H3. The van der Waals surface area contributed by atoms with Crippen LogP contribution in [0.5, 0.6) is 5.75 Å². The van der Waals surface area contributed by atoms with E-state index < -0.39 is 0 Å². The minimum Gasteiger partial charge on any atom is -0.496 e. The molecule has 0 atom stereocenters. The Morgan fingerprint density at radius 2 is 2.06 bits per heavy atom. The Morgan fingerprint density at radius 3 is 2.59 bits per heavy atom. The lowest BCUT2D eigenvalue weighted by molar-refractivity contribution is 0.351. The molecule has 0 aromatic heterocycles. The number of aryl methyl sites for hydroxylation is 1. The van der Waals surface area contributed by atoms with E-state index in [2.05, 4.69) is 38.2 Å². The molecular weight excluding hydrogens is 212 g/mol. The van der Waals surface area contributed by atoms with Gasteiger partial charge in [0.1, 0.15) is 5.75 Å². The Kier molecular flexibility index (Phi) is 4.97. The van der Waals surface area contributed by atoms with Crippen LogP contribution in [-0.2, 0) is 6.54 Å². The maximum absolute atomic E-state index is 5.69. The Hall–Kier alpha value is -1.06. The summed E-state index contributed by atoms with van der Waals surface area (Å²) in [5, 5.41) is 3.44. The van der Waals surface area contributed by atoms with Crippen molar-refractivity contribution in [2.24, 2.45) is 11.1 Å². The molecule has 0 saturated carbocycles. The van der Waals surface area contributed by atoms with E-state index in [1.54, 1.807) is 7.11 Å². The van der Waals surface area contributed by atoms with Crippen molar-refractivity contribution in [3.05, 3.63) is 29.3 Å². The number of rotatable bonds is 6. The number of nitrogens with one attached hydrogen (secondary N) is 1. The zero-order chi connectivity index (χ0) is 12.9. The van der Waals surface area contributed by atoms with Crippen LogP contribution < -0.4 is 15.8 Å². The topological polar surface area (TPSA) is 47.3 Å². The molecule has 17 heavy (non-hydrogen) atoms. The van der Waals surface area contributed by atoms with Gasteiger partial charge in [0.2, 0.25) is 0 Å². The summed E-state index contributed by atoms with van der Waals surface area (Å²) in [6.07, 6.45) is 0. The van der Waals surface area contributed by atoms with Crippen molar-refractivity contribution in [1.29, 1.82) is 0 Å². The van der Waals surface area contributed by atoms with E-state index in [0.29, 0.717) is 6.54 Å². The summed E-state index contributed by atoms with van der Waals surface area (Å²) in [5.41, 5.74) is 8.29. The molecule has 0 fully saturated rings. The first-order valence-corrected chi connectivity index (χ1v) is 6.03. The molecule has 0 saturated heterocycles. The van der Waals surface area contributed by atoms with Crippen LogP contribution in [0.3, 0.4) is 0 Å². The fraction of sp³-hybridized carbons (Fsp3) is 0.571. The molecule has 1 rings (SSSR count). The quantitative estimate of drug-likeness (QED) is 0.795. The van der Waals surface area contributed by atoms with E-state index in [4.69, 9.17) is 10.5 Å². The molecule has 0 aliphatic heterocycles. The summed E-state index contributed by atoms with van der Waals surface area (Å²) in [4.78, 5) is 0. The molecule has 3 N–H and O–H groups in total. The lowest BCUT2D eigenvalue weighted by Crippen LogP contribution is -2.35. The van der Waals surface area contributed by atoms with Crippen molar-refractivity contribution in [2.75, 3.05) is 20.2 Å². The van der Waals surface area contributed by atoms with Gasteiger partial charge in [0.05, 0.1) is 7.11 Å². The van der Waals surface area contributed by atoms with E-state index >= 15 is 0 Å². The lowest BCUT2D eigenvalue weighted by Gasteiger charge is -2.22. The summed E-state index contributed by atoms with van der Waals surface area (Å²) in [7, 11) is 1.70. The smallest absolute Gasteiger partial charge is 0.121 e. The van der Waals surface area contributed by atoms with Crippen LogP contribution in [0.15, 0.2) is 18.2 Å². The van der Waals surface area contributed by atoms with Gasteiger partial charge in [0.15, 0.2) is 0 Å². The van der Waals surface area contributed by atoms with Crippen molar-refractivity contribution < 1.29 is 4.74 Å². The van der Waals surface area contributed by atoms with E-state index in [9.17, 15) is 0 Å². The third-order valence-corrected chi connectivity index (χ3v) is 2.94. The zero-order valence-corrected chi connectivity index (χ0v) is 11.3. The van der Waals surface area contributed by atoms with Crippen LogP contribution in [0, 0.1) is 12.3 Å². The predicted octanol–water partition coefficient (Wildman–Crippen LogP) is 2.08. The Balaban J connectivity index is 2.50. The summed E-state index contributed by atoms with van der Waals surface area (Å²) >= 11 is 0. The van der Waals surface area contributed by atoms with Crippen LogP contribution in [0.2, 0.25) is 0 Å². The average Bonchev–Trinajstić information content (AvgIpc) is 2.29. The highest BCUT2D eigenvalue weighted by Crippen LogP contribution is 2.18. The highest BCUT2D eigenvalue weighted by Gasteiger charge is 2.14. The number of ether oxygens (including phenoxy) is 1. The first-order chi connectivity index (χ1) is 7.98. The molecule has 1 aromatic carbocycles. The Bertz CT molecular complexity index is 361. The molecule has 0 unspecified atom stereocenters. The second kappa shape index (κ2) is 6.03. The van der Waals surface area contributed by atoms with Crippen LogP contribution in [0.1, 0.15) is 25.0 Å². The van der Waals surface area contributed by atoms with Crippen molar-refractivity contribution in [3.63, 3.8) is 0 Å². The summed E-state index contributed by atoms with van der Waals surface area (Å²) < 4.78 is 5.24. The number of hydrogen-bond donors (Lipinski definition) is 2. The van der Waals surface area contributed by atoms with E-state index in [-0.39, 0.29) is 5.41 Å². The highest BCUT2D eigenvalue weighted by molar-refractivity contribution is 5.36. The van der Waals surface area contributed by atoms with Gasteiger partial charge in [-0.2, -0.15) is 0 Å². The second-order valence-corrected chi connectivity index (χ2v) is 5.28. The molecule has 0 aliphatic rings. The lowest BCUT2D eigenvalue weighted by atomic mass is 9.94. The van der Waals surface area contributed by atoms with Crippen molar-refractivity contribution in [3.8, 4) is 5.75 Å². The number of methoxy groups -OCH3 is 1. The summed E-state index contributed by atoms with van der Waals surface area (Å²) in [5.74, 6) is 0.941. The molecule has 0 radical (unpaired) electrons. The van der Waals surface area contributed by atoms with E-state index in [1.165, 1.54) is 11.1 Å². The molecule has 3 heteroatoms. The fourth-order valence-electron chi connectivity index (χ4n) is 1.67. The SMILES string of the molecule is COc1ccc(CNCC(C)(C)CN)cc1C. The van der Waals surface area contributed by atoms with Crippen molar-refractivity contribution in [2.45, 2.75) is 27.3 Å². The molecule has 1 aromatic rings. The molecule has 0 spiro atoms. The molecule has 0 heterocycles. The average molecular weight is 236 g/mol. The molecular formula is C14H24N2O. The van der Waals surface area contributed by atoms with Gasteiger partial charge in [-0.05, 0) is 36.1 Å². The molecule has 0 bridgehead atoms. The van der Waals surface area contributed by atoms with Crippen LogP contribution >= 0.6 is 0 Å². The first kappa shape index (κ1) is 14.0. The van der Waals surface area contributed by atoms with Crippen molar-refractivity contribution >= 4 is 0 Å². The molecule has 0 aliphatic carbocycles. The van der Waals surface area contributed by atoms with Crippen molar-refractivity contribution in [1.82, 2.24) is 5.32 Å². The zero-order valence-electron chi connectivity index (χ0n) is 11.3.